The van der Waals surface area contributed by atoms with E-state index in [9.17, 15) is 14.7 Å². The van der Waals surface area contributed by atoms with E-state index >= 15 is 0 Å². The second kappa shape index (κ2) is 7.61. The number of morpholine rings is 1. The molecule has 7 heteroatoms. The standard InChI is InChI=1S/C14H25N3O4/c1-2-16-7-8-21-11(10-16)9-15-14(20)17-6-4-3-5-12(17)13(18)19/h11-12H,2-10H2,1H3,(H,15,20)(H,18,19). The van der Waals surface area contributed by atoms with Crippen LogP contribution in [0.5, 0.6) is 0 Å². The zero-order valence-electron chi connectivity index (χ0n) is 12.6. The number of carboxylic acid groups (broad SMARTS) is 1. The minimum atomic E-state index is -0.920. The molecule has 120 valence electrons. The Balaban J connectivity index is 1.81. The van der Waals surface area contributed by atoms with Gasteiger partial charge in [0.1, 0.15) is 6.04 Å². The van der Waals surface area contributed by atoms with Crippen LogP contribution in [0.2, 0.25) is 0 Å². The Hall–Kier alpha value is -1.34. The number of piperidine rings is 1. The van der Waals surface area contributed by atoms with Crippen molar-refractivity contribution in [3.63, 3.8) is 0 Å². The summed E-state index contributed by atoms with van der Waals surface area (Å²) in [6, 6.07) is -0.988. The predicted octanol–water partition coefficient (Wildman–Crippen LogP) is 0.356. The van der Waals surface area contributed by atoms with E-state index < -0.39 is 12.0 Å². The number of hydrogen-bond acceptors (Lipinski definition) is 4. The van der Waals surface area contributed by atoms with Crippen LogP contribution in [0.3, 0.4) is 0 Å². The molecule has 2 N–H and O–H groups in total. The number of hydrogen-bond donors (Lipinski definition) is 2. The molecule has 7 nitrogen and oxygen atoms in total. The number of carbonyl (C=O) groups is 2. The fourth-order valence-corrected chi connectivity index (χ4v) is 2.93. The van der Waals surface area contributed by atoms with Crippen molar-refractivity contribution < 1.29 is 19.4 Å². The lowest BCUT2D eigenvalue weighted by molar-refractivity contribution is -0.143. The molecule has 0 aromatic heterocycles. The van der Waals surface area contributed by atoms with E-state index in [4.69, 9.17) is 4.74 Å². The van der Waals surface area contributed by atoms with Crippen molar-refractivity contribution in [3.05, 3.63) is 0 Å². The van der Waals surface area contributed by atoms with Gasteiger partial charge in [0.25, 0.3) is 0 Å². The number of urea groups is 1. The molecule has 0 radical (unpaired) electrons. The molecular formula is C14H25N3O4. The highest BCUT2D eigenvalue weighted by atomic mass is 16.5. The molecule has 0 aromatic carbocycles. The van der Waals surface area contributed by atoms with E-state index in [1.807, 2.05) is 0 Å². The van der Waals surface area contributed by atoms with Gasteiger partial charge >= 0.3 is 12.0 Å². The maximum Gasteiger partial charge on any atom is 0.326 e. The minimum Gasteiger partial charge on any atom is -0.480 e. The predicted molar refractivity (Wildman–Crippen MR) is 77.2 cm³/mol. The summed E-state index contributed by atoms with van der Waals surface area (Å²) in [5.74, 6) is -0.920. The molecule has 0 bridgehead atoms. The number of nitrogens with one attached hydrogen (secondary N) is 1. The van der Waals surface area contributed by atoms with Gasteiger partial charge in [-0.25, -0.2) is 9.59 Å². The second-order valence-corrected chi connectivity index (χ2v) is 5.62. The SMILES string of the molecule is CCN1CCOC(CNC(=O)N2CCCCC2C(=O)O)C1. The molecule has 2 heterocycles. The first-order chi connectivity index (χ1) is 10.1. The van der Waals surface area contributed by atoms with Gasteiger partial charge in [-0.3, -0.25) is 4.90 Å². The molecule has 0 aliphatic carbocycles. The Morgan fingerprint density at radius 1 is 1.33 bits per heavy atom. The highest BCUT2D eigenvalue weighted by molar-refractivity contribution is 5.82. The molecule has 2 saturated heterocycles. The lowest BCUT2D eigenvalue weighted by atomic mass is 10.0. The zero-order valence-corrected chi connectivity index (χ0v) is 12.6. The fraction of sp³-hybridized carbons (Fsp3) is 0.857. The molecule has 21 heavy (non-hydrogen) atoms. The van der Waals surface area contributed by atoms with Crippen LogP contribution in [-0.2, 0) is 9.53 Å². The molecule has 2 unspecified atom stereocenters. The summed E-state index contributed by atoms with van der Waals surface area (Å²) in [4.78, 5) is 27.1. The second-order valence-electron chi connectivity index (χ2n) is 5.62. The first kappa shape index (κ1) is 16.0. The summed E-state index contributed by atoms with van der Waals surface area (Å²) < 4.78 is 5.63. The molecule has 2 amide bonds. The first-order valence-corrected chi connectivity index (χ1v) is 7.73. The van der Waals surface area contributed by atoms with Crippen LogP contribution in [0.15, 0.2) is 0 Å². The zero-order chi connectivity index (χ0) is 15.2. The maximum absolute atomic E-state index is 12.2. The van der Waals surface area contributed by atoms with Crippen LogP contribution < -0.4 is 5.32 Å². The summed E-state index contributed by atoms with van der Waals surface area (Å²) in [6.07, 6.45) is 2.24. The molecule has 2 aliphatic rings. The topological polar surface area (TPSA) is 82.1 Å². The lowest BCUT2D eigenvalue weighted by Gasteiger charge is -2.35. The Morgan fingerprint density at radius 3 is 2.86 bits per heavy atom. The third-order valence-electron chi connectivity index (χ3n) is 4.20. The Labute approximate surface area is 125 Å². The smallest absolute Gasteiger partial charge is 0.326 e. The van der Waals surface area contributed by atoms with Gasteiger partial charge in [0.2, 0.25) is 0 Å². The Kier molecular flexibility index (Phi) is 5.81. The third kappa shape index (κ3) is 4.31. The van der Waals surface area contributed by atoms with Gasteiger partial charge in [-0.1, -0.05) is 6.92 Å². The molecule has 0 aromatic rings. The molecule has 0 spiro atoms. The fourth-order valence-electron chi connectivity index (χ4n) is 2.93. The van der Waals surface area contributed by atoms with Crippen LogP contribution in [-0.4, -0.2) is 78.4 Å². The monoisotopic (exact) mass is 299 g/mol. The number of carbonyl (C=O) groups excluding carboxylic acids is 1. The number of ether oxygens (including phenoxy) is 1. The molecular weight excluding hydrogens is 274 g/mol. The van der Waals surface area contributed by atoms with Crippen molar-refractivity contribution >= 4 is 12.0 Å². The summed E-state index contributed by atoms with van der Waals surface area (Å²) in [5, 5.41) is 12.0. The normalized spacial score (nSPS) is 27.4. The number of aliphatic carboxylic acids is 1. The highest BCUT2D eigenvalue weighted by Crippen LogP contribution is 2.17. The van der Waals surface area contributed by atoms with Crippen molar-refractivity contribution in [2.24, 2.45) is 0 Å². The van der Waals surface area contributed by atoms with Crippen LogP contribution in [0.4, 0.5) is 4.79 Å². The van der Waals surface area contributed by atoms with Gasteiger partial charge in [0, 0.05) is 26.2 Å². The van der Waals surface area contributed by atoms with E-state index in [1.54, 1.807) is 0 Å². The number of likely N-dealkylation sites (N-methyl/N-ethyl adjacent to an activating group) is 1. The highest BCUT2D eigenvalue weighted by Gasteiger charge is 2.32. The van der Waals surface area contributed by atoms with Gasteiger partial charge in [-0.05, 0) is 25.8 Å². The summed E-state index contributed by atoms with van der Waals surface area (Å²) in [7, 11) is 0. The Morgan fingerprint density at radius 2 is 2.14 bits per heavy atom. The summed E-state index contributed by atoms with van der Waals surface area (Å²) >= 11 is 0. The number of rotatable bonds is 4. The average Bonchev–Trinajstić information content (AvgIpc) is 2.52. The third-order valence-corrected chi connectivity index (χ3v) is 4.20. The number of amides is 2. The first-order valence-electron chi connectivity index (χ1n) is 7.73. The average molecular weight is 299 g/mol. The number of likely N-dealkylation sites (tertiary alicyclic amines) is 1. The van der Waals surface area contributed by atoms with E-state index in [-0.39, 0.29) is 12.1 Å². The molecule has 0 saturated carbocycles. The summed E-state index contributed by atoms with van der Waals surface area (Å²) in [6.45, 7) is 6.42. The number of carboxylic acids is 1. The van der Waals surface area contributed by atoms with Crippen LogP contribution in [0.25, 0.3) is 0 Å². The minimum absolute atomic E-state index is 0.0179. The van der Waals surface area contributed by atoms with Gasteiger partial charge in [0.15, 0.2) is 0 Å². The Bertz CT molecular complexity index is 377. The maximum atomic E-state index is 12.2. The number of nitrogens with zero attached hydrogens (tertiary/aromatic N) is 2. The van der Waals surface area contributed by atoms with Crippen LogP contribution in [0, 0.1) is 0 Å². The van der Waals surface area contributed by atoms with E-state index in [1.165, 1.54) is 4.90 Å². The van der Waals surface area contributed by atoms with Gasteiger partial charge in [0.05, 0.1) is 12.7 Å². The summed E-state index contributed by atoms with van der Waals surface area (Å²) in [5.41, 5.74) is 0. The van der Waals surface area contributed by atoms with E-state index in [0.717, 1.165) is 32.5 Å². The van der Waals surface area contributed by atoms with Gasteiger partial charge in [-0.15, -0.1) is 0 Å². The molecule has 2 atom stereocenters. The molecule has 2 rings (SSSR count). The van der Waals surface area contributed by atoms with E-state index in [2.05, 4.69) is 17.1 Å². The van der Waals surface area contributed by atoms with Crippen LogP contribution in [0.1, 0.15) is 26.2 Å². The van der Waals surface area contributed by atoms with E-state index in [0.29, 0.717) is 26.1 Å². The van der Waals surface area contributed by atoms with Crippen molar-refractivity contribution in [1.82, 2.24) is 15.1 Å². The quantitative estimate of drug-likeness (QED) is 0.783. The van der Waals surface area contributed by atoms with Crippen molar-refractivity contribution in [2.75, 3.05) is 39.3 Å². The molecule has 2 fully saturated rings. The lowest BCUT2D eigenvalue weighted by Crippen LogP contribution is -2.54. The van der Waals surface area contributed by atoms with Crippen molar-refractivity contribution in [2.45, 2.75) is 38.3 Å². The van der Waals surface area contributed by atoms with Gasteiger partial charge < -0.3 is 20.1 Å². The van der Waals surface area contributed by atoms with Crippen molar-refractivity contribution in [1.29, 1.82) is 0 Å². The largest absolute Gasteiger partial charge is 0.480 e. The van der Waals surface area contributed by atoms with Gasteiger partial charge in [-0.2, -0.15) is 0 Å². The van der Waals surface area contributed by atoms with Crippen molar-refractivity contribution in [3.8, 4) is 0 Å². The molecule has 2 aliphatic heterocycles. The van der Waals surface area contributed by atoms with Crippen LogP contribution >= 0.6 is 0 Å².